The number of hydrogen-bond acceptors (Lipinski definition) is 5. The molecule has 3 heterocycles. The summed E-state index contributed by atoms with van der Waals surface area (Å²) in [6.07, 6.45) is 1.46. The zero-order chi connectivity index (χ0) is 22.2. The number of methoxy groups -OCH3 is 1. The zero-order valence-electron chi connectivity index (χ0n) is 17.5. The standard InChI is InChI=1S/C23H22BrN5O3/c1-32-17-4-2-3-16(12-17)27-7-9-28(10-8-27)20(30)13-29-14-25-21-18-11-15(24)5-6-19(18)26-22(21)23(29)31/h2-6,11-12,14,26H,7-10,13H2,1H3. The van der Waals surface area contributed by atoms with Crippen LogP contribution >= 0.6 is 15.9 Å². The lowest BCUT2D eigenvalue weighted by Crippen LogP contribution is -2.50. The topological polar surface area (TPSA) is 83.5 Å². The van der Waals surface area contributed by atoms with Crippen molar-refractivity contribution >= 4 is 49.5 Å². The molecule has 8 nitrogen and oxygen atoms in total. The average molecular weight is 496 g/mol. The maximum atomic E-state index is 13.0. The molecule has 1 aliphatic rings. The maximum Gasteiger partial charge on any atom is 0.278 e. The van der Waals surface area contributed by atoms with E-state index in [0.29, 0.717) is 24.1 Å². The van der Waals surface area contributed by atoms with Crippen molar-refractivity contribution in [3.05, 3.63) is 63.6 Å². The lowest BCUT2D eigenvalue weighted by atomic mass is 10.2. The van der Waals surface area contributed by atoms with Crippen LogP contribution in [0.15, 0.2) is 58.1 Å². The molecule has 9 heteroatoms. The molecule has 0 radical (unpaired) electrons. The van der Waals surface area contributed by atoms with Gasteiger partial charge in [0.1, 0.15) is 23.3 Å². The van der Waals surface area contributed by atoms with Crippen LogP contribution in [0.4, 0.5) is 5.69 Å². The summed E-state index contributed by atoms with van der Waals surface area (Å²) in [7, 11) is 1.65. The lowest BCUT2D eigenvalue weighted by molar-refractivity contribution is -0.132. The Labute approximate surface area is 192 Å². The molecule has 1 fully saturated rings. The highest BCUT2D eigenvalue weighted by atomic mass is 79.9. The molecule has 0 atom stereocenters. The van der Waals surface area contributed by atoms with Gasteiger partial charge in [0.05, 0.1) is 13.4 Å². The smallest absolute Gasteiger partial charge is 0.278 e. The van der Waals surface area contributed by atoms with Crippen LogP contribution in [0.5, 0.6) is 5.75 Å². The molecule has 0 unspecified atom stereocenters. The van der Waals surface area contributed by atoms with Gasteiger partial charge in [-0.05, 0) is 30.3 Å². The van der Waals surface area contributed by atoms with Crippen molar-refractivity contribution in [1.29, 1.82) is 0 Å². The van der Waals surface area contributed by atoms with Crippen molar-refractivity contribution in [1.82, 2.24) is 19.4 Å². The first-order valence-corrected chi connectivity index (χ1v) is 11.2. The van der Waals surface area contributed by atoms with Crippen molar-refractivity contribution in [2.75, 3.05) is 38.2 Å². The van der Waals surface area contributed by atoms with Gasteiger partial charge in [0.2, 0.25) is 5.91 Å². The predicted octanol–water partition coefficient (Wildman–Crippen LogP) is 3.00. The summed E-state index contributed by atoms with van der Waals surface area (Å²) in [5.74, 6) is 0.727. The molecule has 164 valence electrons. The molecule has 1 saturated heterocycles. The maximum absolute atomic E-state index is 13.0. The highest BCUT2D eigenvalue weighted by Crippen LogP contribution is 2.25. The molecular weight excluding hydrogens is 474 g/mol. The Morgan fingerprint density at radius 1 is 1.16 bits per heavy atom. The van der Waals surface area contributed by atoms with E-state index in [0.717, 1.165) is 39.9 Å². The molecule has 4 aromatic rings. The molecule has 1 N–H and O–H groups in total. The van der Waals surface area contributed by atoms with Crippen LogP contribution in [-0.2, 0) is 11.3 Å². The summed E-state index contributed by atoms with van der Waals surface area (Å²) in [6, 6.07) is 13.7. The minimum atomic E-state index is -0.245. The predicted molar refractivity (Wildman–Crippen MR) is 127 cm³/mol. The van der Waals surface area contributed by atoms with Gasteiger partial charge < -0.3 is 19.5 Å². The number of aromatic nitrogens is 3. The molecule has 0 aliphatic carbocycles. The number of ether oxygens (including phenoxy) is 1. The van der Waals surface area contributed by atoms with Crippen molar-refractivity contribution in [2.24, 2.45) is 0 Å². The first-order chi connectivity index (χ1) is 15.5. The minimum Gasteiger partial charge on any atom is -0.497 e. The van der Waals surface area contributed by atoms with E-state index in [1.807, 2.05) is 42.5 Å². The number of carbonyl (C=O) groups is 1. The summed E-state index contributed by atoms with van der Waals surface area (Å²) in [5, 5.41) is 0.874. The number of halogens is 1. The van der Waals surface area contributed by atoms with E-state index in [-0.39, 0.29) is 18.0 Å². The van der Waals surface area contributed by atoms with Crippen molar-refractivity contribution < 1.29 is 9.53 Å². The van der Waals surface area contributed by atoms with Crippen LogP contribution < -0.4 is 15.2 Å². The van der Waals surface area contributed by atoms with Crippen LogP contribution in [0.25, 0.3) is 21.9 Å². The van der Waals surface area contributed by atoms with Gasteiger partial charge in [-0.3, -0.25) is 14.2 Å². The van der Waals surface area contributed by atoms with Crippen LogP contribution in [0.3, 0.4) is 0 Å². The van der Waals surface area contributed by atoms with Gasteiger partial charge in [0, 0.05) is 53.3 Å². The van der Waals surface area contributed by atoms with Crippen LogP contribution in [0.2, 0.25) is 0 Å². The number of nitrogens with one attached hydrogen (secondary N) is 1. The van der Waals surface area contributed by atoms with Crippen molar-refractivity contribution in [3.63, 3.8) is 0 Å². The number of carbonyl (C=O) groups excluding carboxylic acids is 1. The first-order valence-electron chi connectivity index (χ1n) is 10.4. The summed E-state index contributed by atoms with van der Waals surface area (Å²) in [4.78, 5) is 37.5. The number of piperazine rings is 1. The van der Waals surface area contributed by atoms with E-state index in [2.05, 4.69) is 30.8 Å². The van der Waals surface area contributed by atoms with E-state index in [4.69, 9.17) is 4.74 Å². The first kappa shape index (κ1) is 20.6. The minimum absolute atomic E-state index is 0.0278. The molecule has 5 rings (SSSR count). The van der Waals surface area contributed by atoms with Crippen LogP contribution in [0, 0.1) is 0 Å². The number of aromatic amines is 1. The average Bonchev–Trinajstić information content (AvgIpc) is 3.19. The molecule has 1 amide bonds. The Balaban J connectivity index is 1.30. The summed E-state index contributed by atoms with van der Waals surface area (Å²) in [5.41, 5.74) is 2.70. The second-order valence-corrected chi connectivity index (χ2v) is 8.70. The van der Waals surface area contributed by atoms with Gasteiger partial charge >= 0.3 is 0 Å². The number of nitrogens with zero attached hydrogens (tertiary/aromatic N) is 4. The highest BCUT2D eigenvalue weighted by Gasteiger charge is 2.22. The Bertz CT molecular complexity index is 1370. The number of benzene rings is 2. The fraction of sp³-hybridized carbons (Fsp3) is 0.261. The number of H-pyrrole nitrogens is 1. The molecule has 0 bridgehead atoms. The third kappa shape index (κ3) is 3.73. The number of anilines is 1. The zero-order valence-corrected chi connectivity index (χ0v) is 19.1. The third-order valence-electron chi connectivity index (χ3n) is 5.89. The van der Waals surface area contributed by atoms with E-state index in [9.17, 15) is 9.59 Å². The SMILES string of the molecule is COc1cccc(N2CCN(C(=O)Cn3cnc4c([nH]c5ccc(Br)cc54)c3=O)CC2)c1. The quantitative estimate of drug-likeness (QED) is 0.470. The van der Waals surface area contributed by atoms with Gasteiger partial charge in [-0.15, -0.1) is 0 Å². The van der Waals surface area contributed by atoms with Gasteiger partial charge in [-0.25, -0.2) is 4.98 Å². The van der Waals surface area contributed by atoms with E-state index in [1.165, 1.54) is 10.9 Å². The van der Waals surface area contributed by atoms with Gasteiger partial charge in [-0.1, -0.05) is 22.0 Å². The molecule has 1 aliphatic heterocycles. The van der Waals surface area contributed by atoms with Crippen LogP contribution in [0.1, 0.15) is 0 Å². The second-order valence-electron chi connectivity index (χ2n) is 7.79. The monoisotopic (exact) mass is 495 g/mol. The Hall–Kier alpha value is -3.33. The summed E-state index contributed by atoms with van der Waals surface area (Å²) < 4.78 is 7.60. The van der Waals surface area contributed by atoms with E-state index >= 15 is 0 Å². The number of amides is 1. The molecular formula is C23H22BrN5O3. The Morgan fingerprint density at radius 3 is 2.75 bits per heavy atom. The van der Waals surface area contributed by atoms with E-state index < -0.39 is 0 Å². The van der Waals surface area contributed by atoms with Gasteiger partial charge in [0.25, 0.3) is 5.56 Å². The number of rotatable bonds is 4. The summed E-state index contributed by atoms with van der Waals surface area (Å²) in [6.45, 7) is 2.62. The highest BCUT2D eigenvalue weighted by molar-refractivity contribution is 9.10. The second kappa shape index (κ2) is 8.31. The third-order valence-corrected chi connectivity index (χ3v) is 6.38. The van der Waals surface area contributed by atoms with Crippen molar-refractivity contribution in [2.45, 2.75) is 6.54 Å². The summed E-state index contributed by atoms with van der Waals surface area (Å²) >= 11 is 3.45. The van der Waals surface area contributed by atoms with Gasteiger partial charge in [-0.2, -0.15) is 0 Å². The lowest BCUT2D eigenvalue weighted by Gasteiger charge is -2.36. The Morgan fingerprint density at radius 2 is 1.97 bits per heavy atom. The van der Waals surface area contributed by atoms with Gasteiger partial charge in [0.15, 0.2) is 0 Å². The number of fused-ring (bicyclic) bond motifs is 3. The fourth-order valence-corrected chi connectivity index (χ4v) is 4.50. The molecule has 2 aromatic heterocycles. The molecule has 0 saturated carbocycles. The molecule has 0 spiro atoms. The molecule has 2 aromatic carbocycles. The van der Waals surface area contributed by atoms with Crippen LogP contribution in [-0.4, -0.2) is 58.6 Å². The Kier molecular flexibility index (Phi) is 5.34. The largest absolute Gasteiger partial charge is 0.497 e. The van der Waals surface area contributed by atoms with Crippen molar-refractivity contribution in [3.8, 4) is 5.75 Å². The normalized spacial score (nSPS) is 14.3. The number of hydrogen-bond donors (Lipinski definition) is 1. The molecule has 32 heavy (non-hydrogen) atoms. The fourth-order valence-electron chi connectivity index (χ4n) is 4.14. The van der Waals surface area contributed by atoms with E-state index in [1.54, 1.807) is 12.0 Å².